The van der Waals surface area contributed by atoms with Gasteiger partial charge in [-0.05, 0) is 22.4 Å². The maximum Gasteiger partial charge on any atom is 0.278 e. The Morgan fingerprint density at radius 1 is 1.50 bits per heavy atom. The highest BCUT2D eigenvalue weighted by Gasteiger charge is 2.03. The van der Waals surface area contributed by atoms with Crippen molar-refractivity contribution in [3.05, 3.63) is 20.5 Å². The number of H-pyrrole nitrogens is 2. The van der Waals surface area contributed by atoms with E-state index in [4.69, 9.17) is 0 Å². The summed E-state index contributed by atoms with van der Waals surface area (Å²) in [7, 11) is 0. The number of aromatic amines is 2. The van der Waals surface area contributed by atoms with Crippen molar-refractivity contribution in [2.24, 2.45) is 0 Å². The second-order valence-electron chi connectivity index (χ2n) is 2.12. The molecule has 0 atom stereocenters. The minimum Gasteiger partial charge on any atom is -0.301 e. The number of aryl methyl sites for hydroxylation is 1. The molecule has 2 N–H and O–H groups in total. The van der Waals surface area contributed by atoms with E-state index in [1.165, 1.54) is 0 Å². The lowest BCUT2D eigenvalue weighted by Gasteiger charge is -1.90. The van der Waals surface area contributed by atoms with Crippen LogP contribution in [0.1, 0.15) is 19.0 Å². The van der Waals surface area contributed by atoms with E-state index in [1.807, 2.05) is 0 Å². The van der Waals surface area contributed by atoms with Crippen molar-refractivity contribution >= 4 is 15.9 Å². The fraction of sp³-hybridized carbons (Fsp3) is 0.500. The highest BCUT2D eigenvalue weighted by atomic mass is 79.9. The molecule has 0 saturated carbocycles. The number of hydrogen-bond acceptors (Lipinski definition) is 1. The van der Waals surface area contributed by atoms with Crippen LogP contribution >= 0.6 is 15.9 Å². The van der Waals surface area contributed by atoms with E-state index in [0.717, 1.165) is 18.5 Å². The highest BCUT2D eigenvalue weighted by Crippen LogP contribution is 2.09. The first-order valence-corrected chi connectivity index (χ1v) is 4.00. The summed E-state index contributed by atoms with van der Waals surface area (Å²) in [6, 6.07) is 0. The molecule has 1 rings (SSSR count). The lowest BCUT2D eigenvalue weighted by Crippen LogP contribution is -1.97. The van der Waals surface area contributed by atoms with Gasteiger partial charge < -0.3 is 5.10 Å². The van der Waals surface area contributed by atoms with Crippen LogP contribution in [-0.4, -0.2) is 10.2 Å². The lowest BCUT2D eigenvalue weighted by molar-refractivity contribution is 0.862. The van der Waals surface area contributed by atoms with Gasteiger partial charge in [-0.3, -0.25) is 9.89 Å². The Morgan fingerprint density at radius 2 is 2.20 bits per heavy atom. The van der Waals surface area contributed by atoms with Gasteiger partial charge in [-0.2, -0.15) is 0 Å². The number of nitrogens with one attached hydrogen (secondary N) is 2. The summed E-state index contributed by atoms with van der Waals surface area (Å²) in [4.78, 5) is 10.8. The summed E-state index contributed by atoms with van der Waals surface area (Å²) in [5.41, 5.74) is 0.871. The smallest absolute Gasteiger partial charge is 0.278 e. The van der Waals surface area contributed by atoms with Gasteiger partial charge in [0.2, 0.25) is 0 Å². The molecule has 0 saturated heterocycles. The molecular formula is C6H9BrN2O. The maximum absolute atomic E-state index is 10.8. The highest BCUT2D eigenvalue weighted by molar-refractivity contribution is 9.10. The molecule has 0 aromatic carbocycles. The average molecular weight is 205 g/mol. The minimum absolute atomic E-state index is 0.0801. The molecular weight excluding hydrogens is 196 g/mol. The Hall–Kier alpha value is -0.510. The predicted octanol–water partition coefficient (Wildman–Crippen LogP) is 1.42. The molecule has 0 amide bonds. The van der Waals surface area contributed by atoms with Gasteiger partial charge in [0.25, 0.3) is 5.56 Å². The molecule has 0 aliphatic carbocycles. The molecule has 0 bridgehead atoms. The molecule has 0 aliphatic heterocycles. The van der Waals surface area contributed by atoms with Crippen molar-refractivity contribution in [2.75, 3.05) is 0 Å². The monoisotopic (exact) mass is 204 g/mol. The Balaban J connectivity index is 2.94. The molecule has 3 nitrogen and oxygen atoms in total. The van der Waals surface area contributed by atoms with E-state index in [2.05, 4.69) is 33.1 Å². The van der Waals surface area contributed by atoms with Crippen molar-refractivity contribution in [3.8, 4) is 0 Å². The normalized spacial score (nSPS) is 10.2. The van der Waals surface area contributed by atoms with Gasteiger partial charge in [-0.25, -0.2) is 0 Å². The van der Waals surface area contributed by atoms with Gasteiger partial charge in [-0.15, -0.1) is 0 Å². The summed E-state index contributed by atoms with van der Waals surface area (Å²) in [6.07, 6.45) is 1.94. The van der Waals surface area contributed by atoms with E-state index in [9.17, 15) is 4.79 Å². The molecule has 10 heavy (non-hydrogen) atoms. The second kappa shape index (κ2) is 3.05. The quantitative estimate of drug-likeness (QED) is 0.753. The molecule has 1 heterocycles. The van der Waals surface area contributed by atoms with Crippen molar-refractivity contribution in [1.82, 2.24) is 10.2 Å². The van der Waals surface area contributed by atoms with Crippen molar-refractivity contribution < 1.29 is 0 Å². The van der Waals surface area contributed by atoms with Crippen LogP contribution in [0.3, 0.4) is 0 Å². The molecule has 56 valence electrons. The largest absolute Gasteiger partial charge is 0.301 e. The van der Waals surface area contributed by atoms with Crippen molar-refractivity contribution in [2.45, 2.75) is 19.8 Å². The average Bonchev–Trinajstić information content (AvgIpc) is 2.20. The first-order valence-electron chi connectivity index (χ1n) is 3.20. The first kappa shape index (κ1) is 7.60. The van der Waals surface area contributed by atoms with Crippen LogP contribution in [0.4, 0.5) is 0 Å². The maximum atomic E-state index is 10.8. The van der Waals surface area contributed by atoms with Crippen LogP contribution in [0.25, 0.3) is 0 Å². The van der Waals surface area contributed by atoms with Crippen LogP contribution in [0.2, 0.25) is 0 Å². The van der Waals surface area contributed by atoms with Gasteiger partial charge >= 0.3 is 0 Å². The minimum atomic E-state index is -0.0801. The zero-order valence-corrected chi connectivity index (χ0v) is 7.29. The van der Waals surface area contributed by atoms with Crippen LogP contribution in [0, 0.1) is 0 Å². The van der Waals surface area contributed by atoms with Gasteiger partial charge in [0.15, 0.2) is 0 Å². The third-order valence-corrected chi connectivity index (χ3v) is 2.13. The number of halogens is 1. The standard InChI is InChI=1S/C6H9BrN2O/c1-2-3-4-5(7)6(10)9-8-4/h2-3H2,1H3,(H2,8,9,10). The molecule has 0 spiro atoms. The number of rotatable bonds is 2. The molecule has 1 aromatic heterocycles. The zero-order valence-electron chi connectivity index (χ0n) is 5.70. The van der Waals surface area contributed by atoms with E-state index in [0.29, 0.717) is 4.47 Å². The number of aromatic nitrogens is 2. The fourth-order valence-corrected chi connectivity index (χ4v) is 1.20. The Labute approximate surface area is 67.0 Å². The number of hydrogen-bond donors (Lipinski definition) is 2. The summed E-state index contributed by atoms with van der Waals surface area (Å²) in [5.74, 6) is 0. The zero-order chi connectivity index (χ0) is 7.56. The van der Waals surface area contributed by atoms with E-state index in [-0.39, 0.29) is 5.56 Å². The Kier molecular flexibility index (Phi) is 2.32. The summed E-state index contributed by atoms with van der Waals surface area (Å²) in [5, 5.41) is 5.28. The summed E-state index contributed by atoms with van der Waals surface area (Å²) in [6.45, 7) is 2.07. The van der Waals surface area contributed by atoms with Crippen LogP contribution in [0.5, 0.6) is 0 Å². The van der Waals surface area contributed by atoms with E-state index >= 15 is 0 Å². The fourth-order valence-electron chi connectivity index (χ4n) is 0.801. The molecule has 1 aromatic rings. The predicted molar refractivity (Wildman–Crippen MR) is 43.1 cm³/mol. The van der Waals surface area contributed by atoms with Gasteiger partial charge in [0.1, 0.15) is 4.47 Å². The van der Waals surface area contributed by atoms with Gasteiger partial charge in [0.05, 0.1) is 5.69 Å². The van der Waals surface area contributed by atoms with Crippen LogP contribution in [0.15, 0.2) is 9.27 Å². The van der Waals surface area contributed by atoms with Gasteiger partial charge in [-0.1, -0.05) is 13.3 Å². The third-order valence-electron chi connectivity index (χ3n) is 1.29. The molecule has 4 heteroatoms. The second-order valence-corrected chi connectivity index (χ2v) is 2.91. The van der Waals surface area contributed by atoms with Crippen molar-refractivity contribution in [1.29, 1.82) is 0 Å². The van der Waals surface area contributed by atoms with Crippen LogP contribution < -0.4 is 5.56 Å². The van der Waals surface area contributed by atoms with Crippen molar-refractivity contribution in [3.63, 3.8) is 0 Å². The first-order chi connectivity index (χ1) is 4.75. The van der Waals surface area contributed by atoms with E-state index < -0.39 is 0 Å². The van der Waals surface area contributed by atoms with Crippen LogP contribution in [-0.2, 0) is 6.42 Å². The van der Waals surface area contributed by atoms with Gasteiger partial charge in [0, 0.05) is 0 Å². The van der Waals surface area contributed by atoms with E-state index in [1.54, 1.807) is 0 Å². The summed E-state index contributed by atoms with van der Waals surface area (Å²) >= 11 is 3.18. The molecule has 0 unspecified atom stereocenters. The molecule has 0 fully saturated rings. The third kappa shape index (κ3) is 1.31. The molecule has 0 radical (unpaired) electrons. The SMILES string of the molecule is CCCc1[nH][nH]c(=O)c1Br. The lowest BCUT2D eigenvalue weighted by atomic mass is 10.3. The Morgan fingerprint density at radius 3 is 2.60 bits per heavy atom. The Bertz CT molecular complexity index is 263. The molecule has 0 aliphatic rings. The topological polar surface area (TPSA) is 48.6 Å². The summed E-state index contributed by atoms with van der Waals surface area (Å²) < 4.78 is 0.634.